The second-order valence-electron chi connectivity index (χ2n) is 7.98. The van der Waals surface area contributed by atoms with Crippen molar-refractivity contribution in [1.82, 2.24) is 10.6 Å². The minimum atomic E-state index is 0. The number of carbonyl (C=O) groups excluding carboxylic acids is 2. The molecule has 2 N–H and O–H groups in total. The molecule has 0 bridgehead atoms. The van der Waals surface area contributed by atoms with Crippen LogP contribution in [0.3, 0.4) is 0 Å². The van der Waals surface area contributed by atoms with E-state index in [2.05, 4.69) is 38.3 Å². The van der Waals surface area contributed by atoms with Crippen LogP contribution in [0, 0.1) is 31.2 Å². The molecule has 1 radical (unpaired) electrons. The zero-order chi connectivity index (χ0) is 21.7. The molecule has 1 saturated carbocycles. The molecule has 5 heteroatoms. The minimum Gasteiger partial charge on any atom is -0.505 e. The fraction of sp³-hybridized carbons (Fsp3) is 0.320. The smallest absolute Gasteiger partial charge is 0.505 e. The summed E-state index contributed by atoms with van der Waals surface area (Å²) in [7, 11) is 0. The van der Waals surface area contributed by atoms with Crippen molar-refractivity contribution in [3.63, 3.8) is 0 Å². The largest absolute Gasteiger partial charge is 3.00 e. The maximum atomic E-state index is 10.5. The average molecular weight is 441 g/mol. The SMILES string of the molecule is CC1[C-](NC=O)CC(C)(C)CC1NC=O.[CH2-]c1ccccc1.[CH2-]c1ccccc1.[Ti+3]. The number of carbonyl (C=O) groups is 2. The number of hydrogen-bond acceptors (Lipinski definition) is 2. The summed E-state index contributed by atoms with van der Waals surface area (Å²) in [6.45, 7) is 13.8. The molecule has 0 saturated heterocycles. The predicted octanol–water partition coefficient (Wildman–Crippen LogP) is 4.57. The molecule has 1 fully saturated rings. The third-order valence-electron chi connectivity index (χ3n) is 4.81. The Kier molecular flexibility index (Phi) is 13.7. The van der Waals surface area contributed by atoms with Crippen molar-refractivity contribution in [2.75, 3.05) is 0 Å². The molecule has 0 spiro atoms. The molecule has 2 unspecified atom stereocenters. The van der Waals surface area contributed by atoms with Gasteiger partial charge in [0.25, 0.3) is 0 Å². The topological polar surface area (TPSA) is 58.2 Å². The number of benzene rings is 2. The van der Waals surface area contributed by atoms with Crippen molar-refractivity contribution in [2.24, 2.45) is 11.3 Å². The predicted molar refractivity (Wildman–Crippen MR) is 119 cm³/mol. The van der Waals surface area contributed by atoms with E-state index in [0.29, 0.717) is 6.41 Å². The van der Waals surface area contributed by atoms with Crippen LogP contribution in [-0.4, -0.2) is 18.9 Å². The first-order chi connectivity index (χ1) is 13.8. The van der Waals surface area contributed by atoms with E-state index in [0.717, 1.165) is 36.4 Å². The van der Waals surface area contributed by atoms with Gasteiger partial charge in [0.15, 0.2) is 6.41 Å². The van der Waals surface area contributed by atoms with Gasteiger partial charge < -0.3 is 10.6 Å². The van der Waals surface area contributed by atoms with Crippen LogP contribution in [0.15, 0.2) is 60.7 Å². The van der Waals surface area contributed by atoms with Crippen molar-refractivity contribution in [3.8, 4) is 0 Å². The molecular formula is C25H33N2O2Ti. The van der Waals surface area contributed by atoms with Crippen molar-refractivity contribution in [3.05, 3.63) is 91.7 Å². The van der Waals surface area contributed by atoms with Gasteiger partial charge in [0.2, 0.25) is 6.41 Å². The van der Waals surface area contributed by atoms with Gasteiger partial charge in [-0.1, -0.05) is 38.3 Å². The first-order valence-electron chi connectivity index (χ1n) is 9.78. The van der Waals surface area contributed by atoms with E-state index in [9.17, 15) is 9.59 Å². The fourth-order valence-electron chi connectivity index (χ4n) is 3.27. The van der Waals surface area contributed by atoms with Gasteiger partial charge in [0.05, 0.1) is 0 Å². The van der Waals surface area contributed by atoms with E-state index >= 15 is 0 Å². The second-order valence-corrected chi connectivity index (χ2v) is 7.98. The normalized spacial score (nSPS) is 19.3. The molecule has 1 aliphatic rings. The Labute approximate surface area is 197 Å². The number of rotatable bonds is 4. The molecule has 4 nitrogen and oxygen atoms in total. The Morgan fingerprint density at radius 3 is 1.73 bits per heavy atom. The van der Waals surface area contributed by atoms with Crippen molar-refractivity contribution in [1.29, 1.82) is 0 Å². The molecular weight excluding hydrogens is 408 g/mol. The third-order valence-corrected chi connectivity index (χ3v) is 4.81. The van der Waals surface area contributed by atoms with Crippen LogP contribution in [0.2, 0.25) is 0 Å². The third kappa shape index (κ3) is 11.1. The van der Waals surface area contributed by atoms with E-state index in [-0.39, 0.29) is 39.1 Å². The first-order valence-corrected chi connectivity index (χ1v) is 9.78. The van der Waals surface area contributed by atoms with Gasteiger partial charge in [-0.3, -0.25) is 9.59 Å². The van der Waals surface area contributed by atoms with Crippen LogP contribution in [0.1, 0.15) is 44.7 Å². The van der Waals surface area contributed by atoms with Gasteiger partial charge in [0.1, 0.15) is 0 Å². The van der Waals surface area contributed by atoms with Crippen LogP contribution in [-0.2, 0) is 31.3 Å². The van der Waals surface area contributed by atoms with Crippen LogP contribution in [0.5, 0.6) is 0 Å². The van der Waals surface area contributed by atoms with Crippen molar-refractivity contribution >= 4 is 12.8 Å². The molecule has 0 aliphatic heterocycles. The molecule has 3 rings (SSSR count). The fourth-order valence-corrected chi connectivity index (χ4v) is 3.27. The monoisotopic (exact) mass is 441 g/mol. The van der Waals surface area contributed by atoms with Gasteiger partial charge in [0, 0.05) is 6.04 Å². The molecule has 0 aromatic heterocycles. The summed E-state index contributed by atoms with van der Waals surface area (Å²) >= 11 is 0. The molecule has 2 aromatic carbocycles. The molecule has 1 aliphatic carbocycles. The summed E-state index contributed by atoms with van der Waals surface area (Å²) in [5.74, 6) is 0.202. The summed E-state index contributed by atoms with van der Waals surface area (Å²) in [6, 6.07) is 20.9. The Bertz CT molecular complexity index is 648. The van der Waals surface area contributed by atoms with Crippen LogP contribution in [0.25, 0.3) is 0 Å². The summed E-state index contributed by atoms with van der Waals surface area (Å²) in [5, 5.41) is 5.58. The molecule has 2 atom stereocenters. The van der Waals surface area contributed by atoms with Crippen molar-refractivity contribution < 1.29 is 31.3 Å². The first kappa shape index (κ1) is 27.8. The van der Waals surface area contributed by atoms with Crippen molar-refractivity contribution in [2.45, 2.75) is 39.7 Å². The minimum absolute atomic E-state index is 0. The molecule has 2 aromatic rings. The summed E-state index contributed by atoms with van der Waals surface area (Å²) in [5.41, 5.74) is 2.27. The Balaban J connectivity index is 0.000000467. The molecule has 159 valence electrons. The Hall–Kier alpha value is -2.17. The van der Waals surface area contributed by atoms with Gasteiger partial charge in [-0.2, -0.15) is 55.7 Å². The van der Waals surface area contributed by atoms with E-state index in [1.165, 1.54) is 0 Å². The average Bonchev–Trinajstić information content (AvgIpc) is 2.68. The maximum absolute atomic E-state index is 10.5. The second kappa shape index (κ2) is 14.8. The van der Waals surface area contributed by atoms with E-state index in [1.54, 1.807) is 0 Å². The van der Waals surface area contributed by atoms with Gasteiger partial charge in [-0.05, 0) is 6.42 Å². The van der Waals surface area contributed by atoms with Gasteiger partial charge in [-0.15, -0.1) is 30.2 Å². The molecule has 2 amide bonds. The van der Waals surface area contributed by atoms with Gasteiger partial charge >= 0.3 is 21.7 Å². The van der Waals surface area contributed by atoms with E-state index in [1.807, 2.05) is 67.6 Å². The van der Waals surface area contributed by atoms with Crippen LogP contribution < -0.4 is 10.6 Å². The zero-order valence-electron chi connectivity index (χ0n) is 18.2. The standard InChI is InChI=1S/C11H19N2O2.2C7H7.Ti/c1-8-9(12-6-14)4-11(2,3)5-10(8)13-7-15;2*1-7-5-3-2-4-6-7;/h6-9H,4-5H2,1-3H3,(H,12,14)(H,13,15);2*2-6H,1H2;/q3*-1;+3. The maximum Gasteiger partial charge on any atom is 3.00 e. The number of amides is 2. The molecule has 0 heterocycles. The number of hydrogen-bond donors (Lipinski definition) is 2. The quantitative estimate of drug-likeness (QED) is 0.415. The number of nitrogens with one attached hydrogen (secondary N) is 2. The van der Waals surface area contributed by atoms with Gasteiger partial charge in [-0.25, -0.2) is 6.04 Å². The zero-order valence-corrected chi connectivity index (χ0v) is 19.8. The summed E-state index contributed by atoms with van der Waals surface area (Å²) in [6.07, 6.45) is 3.27. The Morgan fingerprint density at radius 2 is 1.40 bits per heavy atom. The van der Waals surface area contributed by atoms with Crippen LogP contribution in [0.4, 0.5) is 0 Å². The van der Waals surface area contributed by atoms with E-state index < -0.39 is 0 Å². The van der Waals surface area contributed by atoms with Crippen LogP contribution >= 0.6 is 0 Å². The summed E-state index contributed by atoms with van der Waals surface area (Å²) in [4.78, 5) is 21.0. The Morgan fingerprint density at radius 1 is 0.933 bits per heavy atom. The molecule has 30 heavy (non-hydrogen) atoms. The summed E-state index contributed by atoms with van der Waals surface area (Å²) < 4.78 is 0. The van der Waals surface area contributed by atoms with E-state index in [4.69, 9.17) is 0 Å².